The zero-order valence-electron chi connectivity index (χ0n) is 12.0. The lowest BCUT2D eigenvalue weighted by atomic mass is 10.2. The van der Waals surface area contributed by atoms with Crippen LogP contribution in [0.4, 0.5) is 0 Å². The third-order valence-corrected chi connectivity index (χ3v) is 3.73. The lowest BCUT2D eigenvalue weighted by molar-refractivity contribution is 0.475. The van der Waals surface area contributed by atoms with Crippen LogP contribution in [0.15, 0.2) is 65.3 Å². The van der Waals surface area contributed by atoms with Gasteiger partial charge in [-0.15, -0.1) is 0 Å². The first-order valence-electron chi connectivity index (χ1n) is 7.05. The van der Waals surface area contributed by atoms with E-state index in [2.05, 4.69) is 0 Å². The minimum absolute atomic E-state index is 0.240. The SMILES string of the molecule is Cc1ccoc1-c1nc2ccccc2n1-c1ccc(O)cc1. The van der Waals surface area contributed by atoms with Crippen LogP contribution in [0.2, 0.25) is 0 Å². The smallest absolute Gasteiger partial charge is 0.182 e. The molecule has 4 heteroatoms. The topological polar surface area (TPSA) is 51.2 Å². The molecule has 0 amide bonds. The standard InChI is InChI=1S/C18H14N2O2/c1-12-10-11-22-17(12)18-19-15-4-2-3-5-16(15)20(18)13-6-8-14(21)9-7-13/h2-11,21H,1H3. The van der Waals surface area contributed by atoms with Gasteiger partial charge in [-0.05, 0) is 55.0 Å². The number of aromatic hydroxyl groups is 1. The first kappa shape index (κ1) is 12.7. The lowest BCUT2D eigenvalue weighted by Crippen LogP contribution is -1.97. The summed E-state index contributed by atoms with van der Waals surface area (Å²) < 4.78 is 7.68. The van der Waals surface area contributed by atoms with E-state index in [-0.39, 0.29) is 5.75 Å². The molecule has 4 aromatic rings. The van der Waals surface area contributed by atoms with Crippen molar-refractivity contribution < 1.29 is 9.52 Å². The van der Waals surface area contributed by atoms with Crippen molar-refractivity contribution in [3.63, 3.8) is 0 Å². The Morgan fingerprint density at radius 3 is 2.50 bits per heavy atom. The summed E-state index contributed by atoms with van der Waals surface area (Å²) in [5, 5.41) is 9.52. The van der Waals surface area contributed by atoms with Crippen LogP contribution in [0.1, 0.15) is 5.56 Å². The van der Waals surface area contributed by atoms with Crippen molar-refractivity contribution in [2.24, 2.45) is 0 Å². The fourth-order valence-corrected chi connectivity index (χ4v) is 2.64. The first-order valence-corrected chi connectivity index (χ1v) is 7.05. The fraction of sp³-hybridized carbons (Fsp3) is 0.0556. The van der Waals surface area contributed by atoms with Gasteiger partial charge < -0.3 is 9.52 Å². The summed E-state index contributed by atoms with van der Waals surface area (Å²) in [4.78, 5) is 4.72. The van der Waals surface area contributed by atoms with Crippen LogP contribution < -0.4 is 0 Å². The van der Waals surface area contributed by atoms with Crippen LogP contribution in [0.5, 0.6) is 5.75 Å². The number of fused-ring (bicyclic) bond motifs is 1. The highest BCUT2D eigenvalue weighted by Gasteiger charge is 2.17. The van der Waals surface area contributed by atoms with Gasteiger partial charge in [0.1, 0.15) is 5.75 Å². The second kappa shape index (κ2) is 4.77. The number of hydrogen-bond donors (Lipinski definition) is 1. The largest absolute Gasteiger partial charge is 0.508 e. The number of phenolic OH excluding ortho intramolecular Hbond substituents is 1. The molecule has 2 aromatic heterocycles. The second-order valence-corrected chi connectivity index (χ2v) is 5.21. The van der Waals surface area contributed by atoms with Crippen molar-refractivity contribution in [2.45, 2.75) is 6.92 Å². The molecule has 0 aliphatic rings. The van der Waals surface area contributed by atoms with E-state index >= 15 is 0 Å². The van der Waals surface area contributed by atoms with Gasteiger partial charge >= 0.3 is 0 Å². The molecule has 0 atom stereocenters. The van der Waals surface area contributed by atoms with E-state index in [1.807, 2.05) is 54.0 Å². The van der Waals surface area contributed by atoms with Crippen molar-refractivity contribution in [1.82, 2.24) is 9.55 Å². The molecular formula is C18H14N2O2. The molecule has 0 spiro atoms. The molecule has 0 aliphatic carbocycles. The number of imidazole rings is 1. The van der Waals surface area contributed by atoms with Gasteiger partial charge in [-0.3, -0.25) is 4.57 Å². The number of aryl methyl sites for hydroxylation is 1. The predicted octanol–water partition coefficient (Wildman–Crippen LogP) is 4.30. The van der Waals surface area contributed by atoms with Gasteiger partial charge in [0.05, 0.1) is 17.3 Å². The van der Waals surface area contributed by atoms with Crippen LogP contribution in [0.25, 0.3) is 28.3 Å². The van der Waals surface area contributed by atoms with Crippen molar-refractivity contribution in [2.75, 3.05) is 0 Å². The van der Waals surface area contributed by atoms with E-state index in [1.165, 1.54) is 0 Å². The number of hydrogen-bond acceptors (Lipinski definition) is 3. The highest BCUT2D eigenvalue weighted by atomic mass is 16.3. The van der Waals surface area contributed by atoms with Gasteiger partial charge in [0.15, 0.2) is 11.6 Å². The van der Waals surface area contributed by atoms with E-state index < -0.39 is 0 Å². The Balaban J connectivity index is 2.06. The Bertz CT molecular complexity index is 949. The zero-order valence-corrected chi connectivity index (χ0v) is 12.0. The van der Waals surface area contributed by atoms with Gasteiger partial charge in [0.2, 0.25) is 0 Å². The Labute approximate surface area is 127 Å². The summed E-state index contributed by atoms with van der Waals surface area (Å²) in [6, 6.07) is 17.0. The van der Waals surface area contributed by atoms with Gasteiger partial charge in [0, 0.05) is 5.69 Å². The van der Waals surface area contributed by atoms with Crippen molar-refractivity contribution >= 4 is 11.0 Å². The molecule has 0 fully saturated rings. The molecule has 22 heavy (non-hydrogen) atoms. The maximum Gasteiger partial charge on any atom is 0.182 e. The van der Waals surface area contributed by atoms with E-state index in [1.54, 1.807) is 18.4 Å². The average molecular weight is 290 g/mol. The summed E-state index contributed by atoms with van der Waals surface area (Å²) in [5.41, 5.74) is 3.87. The predicted molar refractivity (Wildman–Crippen MR) is 85.2 cm³/mol. The average Bonchev–Trinajstić information content (AvgIpc) is 3.11. The third kappa shape index (κ3) is 1.89. The lowest BCUT2D eigenvalue weighted by Gasteiger charge is -2.08. The highest BCUT2D eigenvalue weighted by Crippen LogP contribution is 2.31. The van der Waals surface area contributed by atoms with Gasteiger partial charge in [-0.2, -0.15) is 0 Å². The van der Waals surface area contributed by atoms with E-state index in [9.17, 15) is 5.11 Å². The maximum atomic E-state index is 9.52. The molecular weight excluding hydrogens is 276 g/mol. The van der Waals surface area contributed by atoms with Crippen LogP contribution in [-0.4, -0.2) is 14.7 Å². The van der Waals surface area contributed by atoms with Crippen LogP contribution in [0.3, 0.4) is 0 Å². The van der Waals surface area contributed by atoms with E-state index in [0.717, 1.165) is 33.9 Å². The number of rotatable bonds is 2. The number of furan rings is 1. The molecule has 0 saturated carbocycles. The Morgan fingerprint density at radius 2 is 1.77 bits per heavy atom. The zero-order chi connectivity index (χ0) is 15.1. The van der Waals surface area contributed by atoms with Crippen molar-refractivity contribution in [1.29, 1.82) is 0 Å². The summed E-state index contributed by atoms with van der Waals surface area (Å²) in [6.07, 6.45) is 1.67. The molecule has 0 radical (unpaired) electrons. The van der Waals surface area contributed by atoms with Gasteiger partial charge in [0.25, 0.3) is 0 Å². The van der Waals surface area contributed by atoms with E-state index in [4.69, 9.17) is 9.40 Å². The Kier molecular flexibility index (Phi) is 2.76. The molecule has 0 aliphatic heterocycles. The summed E-state index contributed by atoms with van der Waals surface area (Å²) in [6.45, 7) is 2.00. The molecule has 4 rings (SSSR count). The number of para-hydroxylation sites is 2. The second-order valence-electron chi connectivity index (χ2n) is 5.21. The number of aromatic nitrogens is 2. The van der Waals surface area contributed by atoms with E-state index in [0.29, 0.717) is 0 Å². The molecule has 0 saturated heterocycles. The molecule has 0 unspecified atom stereocenters. The molecule has 4 nitrogen and oxygen atoms in total. The maximum absolute atomic E-state index is 9.52. The minimum atomic E-state index is 0.240. The Hall–Kier alpha value is -3.01. The molecule has 1 N–H and O–H groups in total. The highest BCUT2D eigenvalue weighted by molar-refractivity contribution is 5.82. The molecule has 108 valence electrons. The van der Waals surface area contributed by atoms with Crippen molar-refractivity contribution in [3.8, 4) is 23.0 Å². The molecule has 0 bridgehead atoms. The molecule has 2 aromatic carbocycles. The van der Waals surface area contributed by atoms with Crippen LogP contribution in [0, 0.1) is 6.92 Å². The van der Waals surface area contributed by atoms with Crippen LogP contribution >= 0.6 is 0 Å². The number of nitrogens with zero attached hydrogens (tertiary/aromatic N) is 2. The Morgan fingerprint density at radius 1 is 1.00 bits per heavy atom. The van der Waals surface area contributed by atoms with Gasteiger partial charge in [-0.25, -0.2) is 4.98 Å². The van der Waals surface area contributed by atoms with Gasteiger partial charge in [-0.1, -0.05) is 12.1 Å². The number of phenols is 1. The summed E-state index contributed by atoms with van der Waals surface area (Å²) >= 11 is 0. The fourth-order valence-electron chi connectivity index (χ4n) is 2.64. The third-order valence-electron chi connectivity index (χ3n) is 3.73. The van der Waals surface area contributed by atoms with Crippen LogP contribution in [-0.2, 0) is 0 Å². The normalized spacial score (nSPS) is 11.1. The quantitative estimate of drug-likeness (QED) is 0.599. The monoisotopic (exact) mass is 290 g/mol. The number of benzene rings is 2. The first-order chi connectivity index (χ1) is 10.7. The minimum Gasteiger partial charge on any atom is -0.508 e. The summed E-state index contributed by atoms with van der Waals surface area (Å²) in [5.74, 6) is 1.75. The summed E-state index contributed by atoms with van der Waals surface area (Å²) in [7, 11) is 0. The molecule has 2 heterocycles. The van der Waals surface area contributed by atoms with Crippen molar-refractivity contribution in [3.05, 3.63) is 66.4 Å².